The van der Waals surface area contributed by atoms with Crippen LogP contribution in [0.1, 0.15) is 46.0 Å². The van der Waals surface area contributed by atoms with Gasteiger partial charge >= 0.3 is 11.7 Å². The molecule has 0 aliphatic rings. The van der Waals surface area contributed by atoms with Crippen molar-refractivity contribution in [3.63, 3.8) is 0 Å². The lowest BCUT2D eigenvalue weighted by Crippen LogP contribution is -2.17. The predicted molar refractivity (Wildman–Crippen MR) is 95.9 cm³/mol. The van der Waals surface area contributed by atoms with Gasteiger partial charge in [0.2, 0.25) is 6.04 Å². The lowest BCUT2D eigenvalue weighted by atomic mass is 9.98. The molecule has 0 saturated carbocycles. The second-order valence-corrected chi connectivity index (χ2v) is 6.31. The maximum absolute atomic E-state index is 12.0. The van der Waals surface area contributed by atoms with Crippen LogP contribution in [0.3, 0.4) is 0 Å². The molecule has 1 aromatic rings. The summed E-state index contributed by atoms with van der Waals surface area (Å²) < 4.78 is 5.00. The van der Waals surface area contributed by atoms with Crippen LogP contribution in [-0.2, 0) is 4.79 Å². The van der Waals surface area contributed by atoms with Crippen LogP contribution < -0.4 is 4.74 Å². The minimum atomic E-state index is -0.992. The summed E-state index contributed by atoms with van der Waals surface area (Å²) in [6, 6.07) is 7.61. The van der Waals surface area contributed by atoms with Crippen molar-refractivity contribution in [3.8, 4) is 5.75 Å². The zero-order valence-corrected chi connectivity index (χ0v) is 15.0. The molecular weight excluding hydrogens is 340 g/mol. The molecule has 0 spiro atoms. The Balaban J connectivity index is 2.48. The van der Waals surface area contributed by atoms with E-state index in [1.807, 2.05) is 6.92 Å². The van der Waals surface area contributed by atoms with Crippen LogP contribution in [0.2, 0.25) is 0 Å². The van der Waals surface area contributed by atoms with Gasteiger partial charge < -0.3 is 4.74 Å². The third-order valence-corrected chi connectivity index (χ3v) is 4.00. The summed E-state index contributed by atoms with van der Waals surface area (Å²) in [4.78, 5) is 32.6. The number of rotatable bonds is 11. The molecule has 2 atom stereocenters. The molecular formula is C18H24N2O6. The number of hydrogen-bond acceptors (Lipinski definition) is 6. The quantitative estimate of drug-likeness (QED) is 0.146. The third-order valence-electron chi connectivity index (χ3n) is 4.00. The predicted octanol–water partition coefficient (Wildman–Crippen LogP) is 4.00. The highest BCUT2D eigenvalue weighted by Crippen LogP contribution is 2.17. The number of hydrogen-bond donors (Lipinski definition) is 0. The van der Waals surface area contributed by atoms with Gasteiger partial charge in [-0.2, -0.15) is 0 Å². The number of allylic oxidation sites excluding steroid dienone is 1. The Labute approximate surface area is 152 Å². The summed E-state index contributed by atoms with van der Waals surface area (Å²) in [7, 11) is 0. The highest BCUT2D eigenvalue weighted by atomic mass is 16.6. The number of carbonyl (C=O) groups is 1. The maximum Gasteiger partial charge on any atom is 0.414 e. The Morgan fingerprint density at radius 1 is 1.12 bits per heavy atom. The molecule has 26 heavy (non-hydrogen) atoms. The van der Waals surface area contributed by atoms with Crippen LogP contribution in [0, 0.1) is 26.1 Å². The maximum atomic E-state index is 12.0. The van der Waals surface area contributed by atoms with Crippen molar-refractivity contribution >= 4 is 5.97 Å². The van der Waals surface area contributed by atoms with Gasteiger partial charge in [0.25, 0.3) is 0 Å². The van der Waals surface area contributed by atoms with E-state index in [2.05, 4.69) is 0 Å². The van der Waals surface area contributed by atoms with Crippen LogP contribution in [0.4, 0.5) is 0 Å². The van der Waals surface area contributed by atoms with E-state index in [-0.39, 0.29) is 16.6 Å². The number of ether oxygens (including phenoxy) is 1. The normalized spacial score (nSPS) is 13.7. The number of benzene rings is 1. The fraction of sp³-hybridized carbons (Fsp3) is 0.500. The van der Waals surface area contributed by atoms with Crippen LogP contribution in [0.15, 0.2) is 42.1 Å². The van der Waals surface area contributed by atoms with E-state index in [1.165, 1.54) is 6.08 Å². The summed E-state index contributed by atoms with van der Waals surface area (Å²) in [5.74, 6) is -0.619. The monoisotopic (exact) mass is 364 g/mol. The van der Waals surface area contributed by atoms with Crippen molar-refractivity contribution in [2.24, 2.45) is 5.92 Å². The van der Waals surface area contributed by atoms with Crippen LogP contribution >= 0.6 is 0 Å². The van der Waals surface area contributed by atoms with Gasteiger partial charge in [-0.25, -0.2) is 4.79 Å². The lowest BCUT2D eigenvalue weighted by molar-refractivity contribution is -0.519. The first-order valence-electron chi connectivity index (χ1n) is 8.56. The summed E-state index contributed by atoms with van der Waals surface area (Å²) in [5, 5.41) is 21.7. The number of esters is 1. The van der Waals surface area contributed by atoms with E-state index >= 15 is 0 Å². The molecule has 0 N–H and O–H groups in total. The largest absolute Gasteiger partial charge is 0.418 e. The summed E-state index contributed by atoms with van der Waals surface area (Å²) >= 11 is 0. The van der Waals surface area contributed by atoms with Crippen molar-refractivity contribution in [2.75, 3.05) is 0 Å². The van der Waals surface area contributed by atoms with Crippen molar-refractivity contribution in [1.82, 2.24) is 0 Å². The zero-order chi connectivity index (χ0) is 19.5. The molecule has 1 rings (SSSR count). The Morgan fingerprint density at radius 3 is 2.31 bits per heavy atom. The number of nitrogens with zero attached hydrogens (tertiary/aromatic N) is 2. The van der Waals surface area contributed by atoms with Gasteiger partial charge in [0, 0.05) is 24.3 Å². The van der Waals surface area contributed by atoms with E-state index in [0.29, 0.717) is 12.8 Å². The average molecular weight is 364 g/mol. The molecule has 0 saturated heterocycles. The summed E-state index contributed by atoms with van der Waals surface area (Å²) in [5.41, 5.74) is -0.581. The number of carbonyl (C=O) groups excluding carboxylic acids is 1. The van der Waals surface area contributed by atoms with Gasteiger partial charge in [0.15, 0.2) is 0 Å². The van der Waals surface area contributed by atoms with Gasteiger partial charge in [-0.15, -0.1) is 0 Å². The molecule has 142 valence electrons. The van der Waals surface area contributed by atoms with Gasteiger partial charge in [-0.3, -0.25) is 20.2 Å². The highest BCUT2D eigenvalue weighted by Gasteiger charge is 2.24. The molecule has 8 nitrogen and oxygen atoms in total. The smallest absolute Gasteiger partial charge is 0.414 e. The standard InChI is InChI=1S/C18H24N2O6/c1-14(8-6-7-9-15(2)19(22)23)12-13-17(20(24)25)18(21)26-16-10-4-3-5-11-16/h3-5,10-11,13-15H,6-9,12H2,1-2H3/b17-13-. The minimum absolute atomic E-state index is 0.125. The van der Waals surface area contributed by atoms with E-state index in [4.69, 9.17) is 4.74 Å². The van der Waals surface area contributed by atoms with Crippen LogP contribution in [0.25, 0.3) is 0 Å². The Bertz CT molecular complexity index is 644. The molecule has 1 aromatic carbocycles. The average Bonchev–Trinajstić information content (AvgIpc) is 2.59. The van der Waals surface area contributed by atoms with Crippen molar-refractivity contribution in [3.05, 3.63) is 62.3 Å². The molecule has 0 aliphatic carbocycles. The number of para-hydroxylation sites is 1. The van der Waals surface area contributed by atoms with Gasteiger partial charge in [0.05, 0.1) is 4.92 Å². The SMILES string of the molecule is CC(C/C=C(/C(=O)Oc1ccccc1)[N+](=O)[O-])CCCCC(C)[N+](=O)[O-]. The second kappa shape index (κ2) is 11.0. The van der Waals surface area contributed by atoms with Crippen molar-refractivity contribution in [2.45, 2.75) is 52.0 Å². The van der Waals surface area contributed by atoms with E-state index < -0.39 is 22.6 Å². The van der Waals surface area contributed by atoms with Gasteiger partial charge in [-0.05, 0) is 30.9 Å². The van der Waals surface area contributed by atoms with Crippen molar-refractivity contribution in [1.29, 1.82) is 0 Å². The topological polar surface area (TPSA) is 113 Å². The Hall–Kier alpha value is -2.77. The molecule has 0 bridgehead atoms. The highest BCUT2D eigenvalue weighted by molar-refractivity contribution is 5.87. The van der Waals surface area contributed by atoms with Crippen LogP contribution in [0.5, 0.6) is 5.75 Å². The first-order valence-corrected chi connectivity index (χ1v) is 8.56. The van der Waals surface area contributed by atoms with E-state index in [1.54, 1.807) is 37.3 Å². The lowest BCUT2D eigenvalue weighted by Gasteiger charge is -2.09. The van der Waals surface area contributed by atoms with E-state index in [9.17, 15) is 25.0 Å². The fourth-order valence-electron chi connectivity index (χ4n) is 2.35. The first kappa shape index (κ1) is 21.3. The van der Waals surface area contributed by atoms with Gasteiger partial charge in [-0.1, -0.05) is 38.0 Å². The van der Waals surface area contributed by atoms with Crippen molar-refractivity contribution < 1.29 is 19.4 Å². The van der Waals surface area contributed by atoms with E-state index in [0.717, 1.165) is 19.3 Å². The molecule has 0 aromatic heterocycles. The van der Waals surface area contributed by atoms with Gasteiger partial charge in [0.1, 0.15) is 5.75 Å². The molecule has 0 heterocycles. The zero-order valence-electron chi connectivity index (χ0n) is 15.0. The fourth-order valence-corrected chi connectivity index (χ4v) is 2.35. The third kappa shape index (κ3) is 7.87. The molecule has 0 radical (unpaired) electrons. The number of nitro groups is 2. The Morgan fingerprint density at radius 2 is 1.73 bits per heavy atom. The molecule has 0 fully saturated rings. The molecule has 2 unspecified atom stereocenters. The second-order valence-electron chi connectivity index (χ2n) is 6.31. The summed E-state index contributed by atoms with van der Waals surface area (Å²) in [6.07, 6.45) is 4.48. The first-order chi connectivity index (χ1) is 12.3. The minimum Gasteiger partial charge on any atom is -0.418 e. The number of unbranched alkanes of at least 4 members (excludes halogenated alkanes) is 1. The molecule has 0 amide bonds. The summed E-state index contributed by atoms with van der Waals surface area (Å²) in [6.45, 7) is 3.50. The molecule has 0 aliphatic heterocycles. The Kier molecular flexibility index (Phi) is 8.97. The molecule has 8 heteroatoms. The van der Waals surface area contributed by atoms with Crippen LogP contribution in [-0.4, -0.2) is 21.9 Å².